The number of hydrogen-bond acceptors (Lipinski definition) is 5. The first-order valence-corrected chi connectivity index (χ1v) is 10.2. The number of aromatic nitrogens is 3. The first-order valence-electron chi connectivity index (χ1n) is 10.2. The lowest BCUT2D eigenvalue weighted by Gasteiger charge is -2.21. The van der Waals surface area contributed by atoms with E-state index in [0.29, 0.717) is 19.0 Å². The summed E-state index contributed by atoms with van der Waals surface area (Å²) in [4.78, 5) is 4.69. The van der Waals surface area contributed by atoms with Gasteiger partial charge < -0.3 is 24.4 Å². The number of ether oxygens (including phenoxy) is 1. The molecular formula is C22H30N6O2. The highest BCUT2D eigenvalue weighted by atomic mass is 16.5. The van der Waals surface area contributed by atoms with E-state index in [-0.39, 0.29) is 6.04 Å². The lowest BCUT2D eigenvalue weighted by atomic mass is 10.0. The van der Waals surface area contributed by atoms with Gasteiger partial charge in [0.25, 0.3) is 0 Å². The van der Waals surface area contributed by atoms with Crippen LogP contribution in [0.25, 0.3) is 0 Å². The van der Waals surface area contributed by atoms with E-state index < -0.39 is 0 Å². The van der Waals surface area contributed by atoms with E-state index in [1.54, 1.807) is 19.7 Å². The zero-order valence-corrected chi connectivity index (χ0v) is 18.1. The summed E-state index contributed by atoms with van der Waals surface area (Å²) in [7, 11) is 1.69. The Morgan fingerprint density at radius 3 is 2.93 bits per heavy atom. The molecule has 0 bridgehead atoms. The Hall–Kier alpha value is -3.29. The largest absolute Gasteiger partial charge is 0.496 e. The fraction of sp³-hybridized carbons (Fsp3) is 0.409. The second-order valence-corrected chi connectivity index (χ2v) is 7.08. The monoisotopic (exact) mass is 410 g/mol. The van der Waals surface area contributed by atoms with Gasteiger partial charge in [0.2, 0.25) is 0 Å². The highest BCUT2D eigenvalue weighted by Gasteiger charge is 2.14. The molecule has 1 atom stereocenters. The van der Waals surface area contributed by atoms with E-state index in [0.717, 1.165) is 35.9 Å². The van der Waals surface area contributed by atoms with Gasteiger partial charge in [0.05, 0.1) is 19.4 Å². The summed E-state index contributed by atoms with van der Waals surface area (Å²) in [5.41, 5.74) is 2.26. The van der Waals surface area contributed by atoms with Crippen LogP contribution in [-0.2, 0) is 19.5 Å². The molecule has 0 fully saturated rings. The van der Waals surface area contributed by atoms with Gasteiger partial charge in [0, 0.05) is 25.1 Å². The highest BCUT2D eigenvalue weighted by Crippen LogP contribution is 2.26. The summed E-state index contributed by atoms with van der Waals surface area (Å²) >= 11 is 0. The van der Waals surface area contributed by atoms with Crippen LogP contribution >= 0.6 is 0 Å². The van der Waals surface area contributed by atoms with E-state index in [2.05, 4.69) is 47.7 Å². The molecule has 0 saturated heterocycles. The van der Waals surface area contributed by atoms with Crippen LogP contribution in [0.4, 0.5) is 0 Å². The molecule has 0 spiro atoms. The van der Waals surface area contributed by atoms with Crippen LogP contribution in [0, 0.1) is 6.92 Å². The van der Waals surface area contributed by atoms with Gasteiger partial charge in [0.1, 0.15) is 30.2 Å². The molecule has 2 N–H and O–H groups in total. The van der Waals surface area contributed by atoms with Crippen molar-refractivity contribution in [1.29, 1.82) is 0 Å². The molecule has 0 saturated carbocycles. The van der Waals surface area contributed by atoms with Gasteiger partial charge in [-0.3, -0.25) is 0 Å². The minimum Gasteiger partial charge on any atom is -0.496 e. The zero-order valence-electron chi connectivity index (χ0n) is 18.1. The third-order valence-electron chi connectivity index (χ3n) is 4.84. The molecular weight excluding hydrogens is 380 g/mol. The molecule has 30 heavy (non-hydrogen) atoms. The third-order valence-corrected chi connectivity index (χ3v) is 4.84. The van der Waals surface area contributed by atoms with E-state index in [9.17, 15) is 0 Å². The second-order valence-electron chi connectivity index (χ2n) is 7.08. The van der Waals surface area contributed by atoms with Crippen LogP contribution in [0.1, 0.15) is 42.6 Å². The van der Waals surface area contributed by atoms with Crippen molar-refractivity contribution in [3.05, 3.63) is 65.6 Å². The highest BCUT2D eigenvalue weighted by molar-refractivity contribution is 5.80. The van der Waals surface area contributed by atoms with Crippen LogP contribution in [0.5, 0.6) is 5.75 Å². The maximum absolute atomic E-state index is 5.55. The van der Waals surface area contributed by atoms with Crippen LogP contribution in [0.2, 0.25) is 0 Å². The maximum atomic E-state index is 5.55. The predicted octanol–water partition coefficient (Wildman–Crippen LogP) is 3.25. The Bertz CT molecular complexity index is 948. The molecule has 160 valence electrons. The van der Waals surface area contributed by atoms with E-state index in [4.69, 9.17) is 14.1 Å². The Morgan fingerprint density at radius 2 is 2.20 bits per heavy atom. The first kappa shape index (κ1) is 21.4. The Morgan fingerprint density at radius 1 is 1.33 bits per heavy atom. The van der Waals surface area contributed by atoms with Crippen molar-refractivity contribution in [3.8, 4) is 5.75 Å². The number of nitrogens with one attached hydrogen (secondary N) is 2. The number of hydrogen-bond donors (Lipinski definition) is 2. The summed E-state index contributed by atoms with van der Waals surface area (Å²) in [6.07, 6.45) is 4.26. The Kier molecular flexibility index (Phi) is 7.48. The van der Waals surface area contributed by atoms with Crippen molar-refractivity contribution in [2.45, 2.75) is 46.3 Å². The van der Waals surface area contributed by atoms with Gasteiger partial charge in [-0.25, -0.2) is 4.99 Å². The molecule has 0 radical (unpaired) electrons. The molecule has 3 aromatic rings. The van der Waals surface area contributed by atoms with Crippen LogP contribution in [0.3, 0.4) is 0 Å². The molecule has 0 aliphatic heterocycles. The molecule has 0 aliphatic rings. The summed E-state index contributed by atoms with van der Waals surface area (Å²) in [6, 6.07) is 9.95. The van der Waals surface area contributed by atoms with Gasteiger partial charge >= 0.3 is 0 Å². The standard InChI is InChI=1S/C22H30N6O2/c1-5-21-27-25-15-28(21)11-10-23-22(24-14-18-7-6-12-30-18)26-17(3)19-13-16(2)8-9-20(19)29-4/h6-9,12-13,15,17H,5,10-11,14H2,1-4H3,(H2,23,24,26). The first-order chi connectivity index (χ1) is 14.6. The van der Waals surface area contributed by atoms with Crippen molar-refractivity contribution in [2.24, 2.45) is 4.99 Å². The molecule has 1 unspecified atom stereocenters. The number of benzene rings is 1. The number of guanidine groups is 1. The third kappa shape index (κ3) is 5.62. The lowest BCUT2D eigenvalue weighted by Crippen LogP contribution is -2.40. The summed E-state index contributed by atoms with van der Waals surface area (Å²) < 4.78 is 13.0. The zero-order chi connectivity index (χ0) is 21.3. The number of methoxy groups -OCH3 is 1. The number of aliphatic imine (C=N–C) groups is 1. The Labute approximate surface area is 177 Å². The van der Waals surface area contributed by atoms with Crippen LogP contribution in [-0.4, -0.2) is 34.4 Å². The van der Waals surface area contributed by atoms with Crippen molar-refractivity contribution in [2.75, 3.05) is 13.7 Å². The van der Waals surface area contributed by atoms with E-state index in [1.807, 2.05) is 28.8 Å². The van der Waals surface area contributed by atoms with Crippen molar-refractivity contribution in [1.82, 2.24) is 25.4 Å². The average molecular weight is 411 g/mol. The van der Waals surface area contributed by atoms with E-state index >= 15 is 0 Å². The SMILES string of the molecule is CCc1nncn1CCNC(=NCc1ccco1)NC(C)c1cc(C)ccc1OC. The maximum Gasteiger partial charge on any atom is 0.192 e. The predicted molar refractivity (Wildman–Crippen MR) is 117 cm³/mol. The molecule has 3 rings (SSSR count). The molecule has 2 aromatic heterocycles. The van der Waals surface area contributed by atoms with Gasteiger partial charge in [-0.1, -0.05) is 24.6 Å². The fourth-order valence-corrected chi connectivity index (χ4v) is 3.22. The molecule has 0 amide bonds. The lowest BCUT2D eigenvalue weighted by molar-refractivity contribution is 0.405. The molecule has 2 heterocycles. The average Bonchev–Trinajstić information content (AvgIpc) is 3.43. The second kappa shape index (κ2) is 10.5. The number of nitrogens with zero attached hydrogens (tertiary/aromatic N) is 4. The molecule has 0 aliphatic carbocycles. The summed E-state index contributed by atoms with van der Waals surface area (Å²) in [5, 5.41) is 15.0. The quantitative estimate of drug-likeness (QED) is 0.416. The summed E-state index contributed by atoms with van der Waals surface area (Å²) in [6.45, 7) is 8.13. The minimum absolute atomic E-state index is 0.00353. The molecule has 8 nitrogen and oxygen atoms in total. The minimum atomic E-state index is 0.00353. The Balaban J connectivity index is 1.70. The van der Waals surface area contributed by atoms with Crippen molar-refractivity contribution in [3.63, 3.8) is 0 Å². The van der Waals surface area contributed by atoms with Gasteiger partial charge in [-0.15, -0.1) is 10.2 Å². The fourth-order valence-electron chi connectivity index (χ4n) is 3.22. The molecule has 1 aromatic carbocycles. The van der Waals surface area contributed by atoms with Crippen molar-refractivity contribution < 1.29 is 9.15 Å². The number of aryl methyl sites for hydroxylation is 2. The van der Waals surface area contributed by atoms with Crippen LogP contribution in [0.15, 0.2) is 52.3 Å². The smallest absolute Gasteiger partial charge is 0.192 e. The van der Waals surface area contributed by atoms with E-state index in [1.165, 1.54) is 5.56 Å². The van der Waals surface area contributed by atoms with Gasteiger partial charge in [0.15, 0.2) is 5.96 Å². The van der Waals surface area contributed by atoms with Crippen molar-refractivity contribution >= 4 is 5.96 Å². The molecule has 8 heteroatoms. The number of rotatable bonds is 9. The van der Waals surface area contributed by atoms with Gasteiger partial charge in [-0.05, 0) is 32.0 Å². The topological polar surface area (TPSA) is 89.5 Å². The summed E-state index contributed by atoms with van der Waals surface area (Å²) in [5.74, 6) is 3.33. The van der Waals surface area contributed by atoms with Gasteiger partial charge in [-0.2, -0.15) is 0 Å². The normalized spacial score (nSPS) is 12.6. The van der Waals surface area contributed by atoms with Crippen LogP contribution < -0.4 is 15.4 Å². The number of furan rings is 1.